The molecule has 0 heterocycles. The largest absolute Gasteiger partial charge is 0.497 e. The maximum Gasteiger partial charge on any atom is 0.264 e. The number of anilines is 1. The van der Waals surface area contributed by atoms with Crippen molar-refractivity contribution in [3.05, 3.63) is 89.7 Å². The molecule has 0 unspecified atom stereocenters. The highest BCUT2D eigenvalue weighted by Gasteiger charge is 2.33. The second kappa shape index (κ2) is 13.2. The summed E-state index contributed by atoms with van der Waals surface area (Å²) in [6, 6.07) is 17.4. The molecule has 0 saturated carbocycles. The van der Waals surface area contributed by atoms with Crippen LogP contribution in [-0.4, -0.2) is 51.4 Å². The first-order chi connectivity index (χ1) is 18.6. The van der Waals surface area contributed by atoms with Crippen LogP contribution in [0.25, 0.3) is 0 Å². The third kappa shape index (κ3) is 7.35. The van der Waals surface area contributed by atoms with E-state index >= 15 is 0 Å². The number of amides is 2. The van der Waals surface area contributed by atoms with Crippen LogP contribution in [0.5, 0.6) is 5.75 Å². The molecule has 3 aromatic rings. The van der Waals surface area contributed by atoms with Gasteiger partial charge in [0.05, 0.1) is 17.7 Å². The second-order valence-electron chi connectivity index (χ2n) is 8.99. The van der Waals surface area contributed by atoms with Crippen molar-refractivity contribution in [2.24, 2.45) is 0 Å². The van der Waals surface area contributed by atoms with Crippen molar-refractivity contribution in [3.8, 4) is 5.75 Å². The van der Waals surface area contributed by atoms with E-state index in [9.17, 15) is 22.4 Å². The number of methoxy groups -OCH3 is 1. The van der Waals surface area contributed by atoms with Gasteiger partial charge < -0.3 is 15.0 Å². The van der Waals surface area contributed by atoms with Crippen molar-refractivity contribution in [1.82, 2.24) is 10.2 Å². The zero-order valence-corrected chi connectivity index (χ0v) is 23.4. The number of nitrogens with zero attached hydrogens (tertiary/aromatic N) is 2. The van der Waals surface area contributed by atoms with Gasteiger partial charge in [0.1, 0.15) is 24.2 Å². The molecule has 0 aromatic heterocycles. The molecule has 0 aliphatic heterocycles. The normalized spacial score (nSPS) is 11.9. The van der Waals surface area contributed by atoms with Crippen LogP contribution in [0, 0.1) is 12.7 Å². The van der Waals surface area contributed by atoms with Crippen molar-refractivity contribution in [1.29, 1.82) is 0 Å². The summed E-state index contributed by atoms with van der Waals surface area (Å²) in [5.41, 5.74) is 1.83. The first-order valence-electron chi connectivity index (χ1n) is 12.7. The average Bonchev–Trinajstić information content (AvgIpc) is 2.93. The summed E-state index contributed by atoms with van der Waals surface area (Å²) in [7, 11) is -2.70. The van der Waals surface area contributed by atoms with E-state index in [2.05, 4.69) is 5.32 Å². The number of hydrogen-bond acceptors (Lipinski definition) is 5. The van der Waals surface area contributed by atoms with Crippen LogP contribution < -0.4 is 14.4 Å². The van der Waals surface area contributed by atoms with E-state index in [0.29, 0.717) is 30.0 Å². The smallest absolute Gasteiger partial charge is 0.264 e. The highest BCUT2D eigenvalue weighted by molar-refractivity contribution is 7.92. The number of aryl methyl sites for hydroxylation is 1. The molecule has 39 heavy (non-hydrogen) atoms. The van der Waals surface area contributed by atoms with Crippen molar-refractivity contribution < 1.29 is 27.1 Å². The van der Waals surface area contributed by atoms with Gasteiger partial charge in [0.15, 0.2) is 0 Å². The van der Waals surface area contributed by atoms with Crippen molar-refractivity contribution in [2.45, 2.75) is 44.7 Å². The lowest BCUT2D eigenvalue weighted by Gasteiger charge is -2.33. The van der Waals surface area contributed by atoms with E-state index in [-0.39, 0.29) is 17.3 Å². The van der Waals surface area contributed by atoms with Gasteiger partial charge in [-0.1, -0.05) is 36.8 Å². The number of carbonyl (C=O) groups is 2. The lowest BCUT2D eigenvalue weighted by atomic mass is 10.1. The molecule has 0 radical (unpaired) electrons. The van der Waals surface area contributed by atoms with E-state index < -0.39 is 34.3 Å². The lowest BCUT2D eigenvalue weighted by Crippen LogP contribution is -2.52. The summed E-state index contributed by atoms with van der Waals surface area (Å²) in [4.78, 5) is 28.2. The van der Waals surface area contributed by atoms with Gasteiger partial charge in [-0.05, 0) is 74.4 Å². The standard InChI is InChI=1S/C29H34FN3O5S/c1-5-27(29(35)31-6-2)32(19-22-9-11-23(30)12-10-22)28(34)20-33(24-13-7-21(3)8-14-24)39(36,37)26-17-15-25(38-4)16-18-26/h7-18,27H,5-6,19-20H2,1-4H3,(H,31,35)/t27-/m1/s1. The molecule has 8 nitrogen and oxygen atoms in total. The molecule has 0 aliphatic rings. The lowest BCUT2D eigenvalue weighted by molar-refractivity contribution is -0.140. The molecular formula is C29H34FN3O5S. The maximum absolute atomic E-state index is 13.9. The number of carbonyl (C=O) groups excluding carboxylic acids is 2. The minimum absolute atomic E-state index is 0.000917. The number of likely N-dealkylation sites (N-methyl/N-ethyl adjacent to an activating group) is 1. The molecular weight excluding hydrogens is 521 g/mol. The van der Waals surface area contributed by atoms with E-state index in [0.717, 1.165) is 9.87 Å². The van der Waals surface area contributed by atoms with E-state index in [4.69, 9.17) is 4.74 Å². The van der Waals surface area contributed by atoms with E-state index in [1.165, 1.54) is 60.5 Å². The summed E-state index contributed by atoms with van der Waals surface area (Å²) < 4.78 is 47.4. The monoisotopic (exact) mass is 555 g/mol. The number of rotatable bonds is 12. The van der Waals surface area contributed by atoms with Crippen LogP contribution in [0.1, 0.15) is 31.4 Å². The number of benzene rings is 3. The van der Waals surface area contributed by atoms with Gasteiger partial charge in [-0.3, -0.25) is 13.9 Å². The number of halogens is 1. The number of nitrogens with one attached hydrogen (secondary N) is 1. The SMILES string of the molecule is CCNC(=O)[C@@H](CC)N(Cc1ccc(F)cc1)C(=O)CN(c1ccc(C)cc1)S(=O)(=O)c1ccc(OC)cc1. The zero-order chi connectivity index (χ0) is 28.6. The third-order valence-corrected chi connectivity index (χ3v) is 8.04. The summed E-state index contributed by atoms with van der Waals surface area (Å²) in [6.07, 6.45) is 0.300. The molecule has 1 N–H and O–H groups in total. The van der Waals surface area contributed by atoms with Crippen LogP contribution >= 0.6 is 0 Å². The molecule has 0 saturated heterocycles. The molecule has 208 valence electrons. The van der Waals surface area contributed by atoms with E-state index in [1.807, 2.05) is 6.92 Å². The highest BCUT2D eigenvalue weighted by Crippen LogP contribution is 2.26. The first kappa shape index (κ1) is 29.6. The van der Waals surface area contributed by atoms with Crippen molar-refractivity contribution in [2.75, 3.05) is 24.5 Å². The van der Waals surface area contributed by atoms with Gasteiger partial charge in [0.2, 0.25) is 11.8 Å². The predicted molar refractivity (Wildman–Crippen MR) is 148 cm³/mol. The number of ether oxygens (including phenoxy) is 1. The number of hydrogen-bond donors (Lipinski definition) is 1. The van der Waals surface area contributed by atoms with Crippen LogP contribution in [-0.2, 0) is 26.2 Å². The maximum atomic E-state index is 13.9. The summed E-state index contributed by atoms with van der Waals surface area (Å²) in [6.45, 7) is 5.25. The molecule has 0 bridgehead atoms. The molecule has 2 amide bonds. The highest BCUT2D eigenvalue weighted by atomic mass is 32.2. The first-order valence-corrected chi connectivity index (χ1v) is 14.1. The Balaban J connectivity index is 2.04. The number of sulfonamides is 1. The zero-order valence-electron chi connectivity index (χ0n) is 22.6. The Labute approximate surface area is 229 Å². The minimum atomic E-state index is -4.18. The Morgan fingerprint density at radius 3 is 2.10 bits per heavy atom. The topological polar surface area (TPSA) is 96.0 Å². The molecule has 3 rings (SSSR count). The average molecular weight is 556 g/mol. The second-order valence-corrected chi connectivity index (χ2v) is 10.9. The van der Waals surface area contributed by atoms with E-state index in [1.54, 1.807) is 38.1 Å². The van der Waals surface area contributed by atoms with Gasteiger partial charge in [-0.15, -0.1) is 0 Å². The predicted octanol–water partition coefficient (Wildman–Crippen LogP) is 4.28. The van der Waals surface area contributed by atoms with Crippen LogP contribution in [0.3, 0.4) is 0 Å². The molecule has 0 aliphatic carbocycles. The van der Waals surface area contributed by atoms with Crippen molar-refractivity contribution in [3.63, 3.8) is 0 Å². The minimum Gasteiger partial charge on any atom is -0.497 e. The fourth-order valence-electron chi connectivity index (χ4n) is 4.11. The van der Waals surface area contributed by atoms with Crippen LogP contribution in [0.2, 0.25) is 0 Å². The molecule has 1 atom stereocenters. The third-order valence-electron chi connectivity index (χ3n) is 6.25. The Kier molecular flexibility index (Phi) is 10.1. The fourth-order valence-corrected chi connectivity index (χ4v) is 5.53. The summed E-state index contributed by atoms with van der Waals surface area (Å²) >= 11 is 0. The van der Waals surface area contributed by atoms with Gasteiger partial charge in [0.25, 0.3) is 10.0 Å². The summed E-state index contributed by atoms with van der Waals surface area (Å²) in [5.74, 6) is -0.862. The molecule has 0 spiro atoms. The molecule has 0 fully saturated rings. The van der Waals surface area contributed by atoms with Crippen LogP contribution in [0.15, 0.2) is 77.7 Å². The van der Waals surface area contributed by atoms with Crippen LogP contribution in [0.4, 0.5) is 10.1 Å². The Bertz CT molecular complexity index is 1360. The quantitative estimate of drug-likeness (QED) is 0.360. The molecule has 3 aromatic carbocycles. The Hall–Kier alpha value is -3.92. The van der Waals surface area contributed by atoms with Gasteiger partial charge in [-0.2, -0.15) is 0 Å². The van der Waals surface area contributed by atoms with Gasteiger partial charge in [-0.25, -0.2) is 12.8 Å². The Morgan fingerprint density at radius 2 is 1.56 bits per heavy atom. The molecule has 10 heteroatoms. The Morgan fingerprint density at radius 1 is 0.949 bits per heavy atom. The summed E-state index contributed by atoms with van der Waals surface area (Å²) in [5, 5.41) is 2.75. The van der Waals surface area contributed by atoms with Gasteiger partial charge in [0, 0.05) is 13.1 Å². The van der Waals surface area contributed by atoms with Crippen molar-refractivity contribution >= 4 is 27.5 Å². The fraction of sp³-hybridized carbons (Fsp3) is 0.310. The van der Waals surface area contributed by atoms with Gasteiger partial charge >= 0.3 is 0 Å².